The number of rotatable bonds is 4. The molecular formula is C22H23FN4O2. The van der Waals surface area contributed by atoms with Crippen LogP contribution in [0.1, 0.15) is 59.6 Å². The van der Waals surface area contributed by atoms with E-state index in [9.17, 15) is 14.0 Å². The average Bonchev–Trinajstić information content (AvgIpc) is 2.91. The SMILES string of the molecule is O=C(Nc1cccc(F)c1)c1nc(C(=O)NC2CCCCCC2)n2ccccc12. The number of nitrogens with zero attached hydrogens (tertiary/aromatic N) is 2. The van der Waals surface area contributed by atoms with Gasteiger partial charge in [-0.25, -0.2) is 9.37 Å². The molecule has 1 saturated carbocycles. The second-order valence-corrected chi connectivity index (χ2v) is 7.37. The van der Waals surface area contributed by atoms with E-state index < -0.39 is 11.7 Å². The van der Waals surface area contributed by atoms with Crippen molar-refractivity contribution in [2.24, 2.45) is 0 Å². The largest absolute Gasteiger partial charge is 0.347 e. The molecule has 7 heteroatoms. The van der Waals surface area contributed by atoms with E-state index in [1.54, 1.807) is 34.9 Å². The number of benzene rings is 1. The minimum Gasteiger partial charge on any atom is -0.347 e. The summed E-state index contributed by atoms with van der Waals surface area (Å²) in [5, 5.41) is 5.72. The van der Waals surface area contributed by atoms with Gasteiger partial charge in [0.1, 0.15) is 5.82 Å². The molecule has 29 heavy (non-hydrogen) atoms. The standard InChI is InChI=1S/C22H23FN4O2/c23-15-8-7-11-17(14-15)25-21(28)19-18-12-5-6-13-27(18)20(26-19)22(29)24-16-9-3-1-2-4-10-16/h5-8,11-14,16H,1-4,9-10H2,(H,24,29)(H,25,28). The highest BCUT2D eigenvalue weighted by atomic mass is 19.1. The molecule has 3 aromatic rings. The molecule has 6 nitrogen and oxygen atoms in total. The Labute approximate surface area is 168 Å². The van der Waals surface area contributed by atoms with E-state index in [2.05, 4.69) is 15.6 Å². The number of imidazole rings is 1. The molecule has 2 N–H and O–H groups in total. The molecule has 2 heterocycles. The van der Waals surface area contributed by atoms with Gasteiger partial charge in [0, 0.05) is 17.9 Å². The molecule has 1 aliphatic carbocycles. The van der Waals surface area contributed by atoms with Gasteiger partial charge in [-0.3, -0.25) is 14.0 Å². The highest BCUT2D eigenvalue weighted by Crippen LogP contribution is 2.19. The van der Waals surface area contributed by atoms with Crippen LogP contribution in [0.3, 0.4) is 0 Å². The summed E-state index contributed by atoms with van der Waals surface area (Å²) in [5.74, 6) is -1.05. The van der Waals surface area contributed by atoms with Crippen molar-refractivity contribution in [2.45, 2.75) is 44.6 Å². The van der Waals surface area contributed by atoms with Crippen LogP contribution < -0.4 is 10.6 Å². The fourth-order valence-corrected chi connectivity index (χ4v) is 3.80. The third-order valence-electron chi connectivity index (χ3n) is 5.24. The number of fused-ring (bicyclic) bond motifs is 1. The third kappa shape index (κ3) is 4.29. The monoisotopic (exact) mass is 394 g/mol. The van der Waals surface area contributed by atoms with Gasteiger partial charge in [-0.2, -0.15) is 0 Å². The van der Waals surface area contributed by atoms with Crippen LogP contribution in [0.5, 0.6) is 0 Å². The molecule has 0 aliphatic heterocycles. The predicted molar refractivity (Wildman–Crippen MR) is 109 cm³/mol. The molecule has 0 atom stereocenters. The number of carbonyl (C=O) groups is 2. The van der Waals surface area contributed by atoms with E-state index in [1.807, 2.05) is 0 Å². The number of pyridine rings is 1. The maximum Gasteiger partial charge on any atom is 0.287 e. The fraction of sp³-hybridized carbons (Fsp3) is 0.318. The minimum atomic E-state index is -0.493. The second-order valence-electron chi connectivity index (χ2n) is 7.37. The Hall–Kier alpha value is -3.22. The topological polar surface area (TPSA) is 75.5 Å². The number of hydrogen-bond acceptors (Lipinski definition) is 3. The van der Waals surface area contributed by atoms with E-state index in [1.165, 1.54) is 31.0 Å². The van der Waals surface area contributed by atoms with Crippen molar-refractivity contribution >= 4 is 23.0 Å². The van der Waals surface area contributed by atoms with Crippen molar-refractivity contribution in [2.75, 3.05) is 5.32 Å². The zero-order valence-corrected chi connectivity index (χ0v) is 16.0. The number of hydrogen-bond donors (Lipinski definition) is 2. The Morgan fingerprint density at radius 2 is 1.79 bits per heavy atom. The Kier molecular flexibility index (Phi) is 5.55. The molecule has 1 fully saturated rings. The molecule has 1 aromatic carbocycles. The molecule has 0 unspecified atom stereocenters. The summed E-state index contributed by atoms with van der Waals surface area (Å²) >= 11 is 0. The van der Waals surface area contributed by atoms with Gasteiger partial charge in [0.2, 0.25) is 5.82 Å². The van der Waals surface area contributed by atoms with Crippen LogP contribution >= 0.6 is 0 Å². The van der Waals surface area contributed by atoms with Gasteiger partial charge < -0.3 is 10.6 Å². The quantitative estimate of drug-likeness (QED) is 0.652. The fourth-order valence-electron chi connectivity index (χ4n) is 3.80. The molecule has 0 radical (unpaired) electrons. The maximum absolute atomic E-state index is 13.4. The lowest BCUT2D eigenvalue weighted by Gasteiger charge is -2.15. The van der Waals surface area contributed by atoms with E-state index in [0.717, 1.165) is 25.7 Å². The van der Waals surface area contributed by atoms with Gasteiger partial charge in [-0.05, 0) is 43.2 Å². The third-order valence-corrected chi connectivity index (χ3v) is 5.24. The van der Waals surface area contributed by atoms with Gasteiger partial charge in [0.25, 0.3) is 11.8 Å². The molecule has 0 saturated heterocycles. The van der Waals surface area contributed by atoms with Gasteiger partial charge >= 0.3 is 0 Å². The molecule has 0 bridgehead atoms. The van der Waals surface area contributed by atoms with Crippen molar-refractivity contribution in [3.63, 3.8) is 0 Å². The number of halogens is 1. The van der Waals surface area contributed by atoms with E-state index in [-0.39, 0.29) is 23.5 Å². The Morgan fingerprint density at radius 3 is 2.55 bits per heavy atom. The number of carbonyl (C=O) groups excluding carboxylic acids is 2. The summed E-state index contributed by atoms with van der Waals surface area (Å²) in [6.45, 7) is 0. The molecule has 0 spiro atoms. The summed E-state index contributed by atoms with van der Waals surface area (Å²) < 4.78 is 15.0. The van der Waals surface area contributed by atoms with Crippen molar-refractivity contribution in [3.8, 4) is 0 Å². The first-order valence-corrected chi connectivity index (χ1v) is 9.97. The lowest BCUT2D eigenvalue weighted by atomic mass is 10.1. The summed E-state index contributed by atoms with van der Waals surface area (Å²) in [7, 11) is 0. The lowest BCUT2D eigenvalue weighted by Crippen LogP contribution is -2.35. The van der Waals surface area contributed by atoms with Crippen LogP contribution in [0, 0.1) is 5.82 Å². The van der Waals surface area contributed by atoms with Crippen molar-refractivity contribution < 1.29 is 14.0 Å². The first-order chi connectivity index (χ1) is 14.1. The van der Waals surface area contributed by atoms with Crippen LogP contribution in [0.2, 0.25) is 0 Å². The van der Waals surface area contributed by atoms with Crippen LogP contribution in [0.15, 0.2) is 48.7 Å². The van der Waals surface area contributed by atoms with E-state index in [0.29, 0.717) is 11.2 Å². The number of nitrogens with one attached hydrogen (secondary N) is 2. The zero-order valence-electron chi connectivity index (χ0n) is 16.0. The number of anilines is 1. The van der Waals surface area contributed by atoms with Crippen molar-refractivity contribution in [1.82, 2.24) is 14.7 Å². The Morgan fingerprint density at radius 1 is 1.00 bits per heavy atom. The zero-order chi connectivity index (χ0) is 20.2. The van der Waals surface area contributed by atoms with Gasteiger partial charge in [0.05, 0.1) is 5.52 Å². The maximum atomic E-state index is 13.4. The molecular weight excluding hydrogens is 371 g/mol. The number of aromatic nitrogens is 2. The summed E-state index contributed by atoms with van der Waals surface area (Å²) in [5.41, 5.74) is 0.977. The first-order valence-electron chi connectivity index (χ1n) is 9.97. The molecule has 4 rings (SSSR count). The van der Waals surface area contributed by atoms with Gasteiger partial charge in [-0.15, -0.1) is 0 Å². The van der Waals surface area contributed by atoms with Gasteiger partial charge in [0.15, 0.2) is 5.69 Å². The highest BCUT2D eigenvalue weighted by Gasteiger charge is 2.23. The Bertz CT molecular complexity index is 1040. The predicted octanol–water partition coefficient (Wildman–Crippen LogP) is 4.18. The van der Waals surface area contributed by atoms with Crippen molar-refractivity contribution in [3.05, 3.63) is 66.0 Å². The van der Waals surface area contributed by atoms with Crippen LogP contribution in [0.25, 0.3) is 5.52 Å². The van der Waals surface area contributed by atoms with Crippen LogP contribution in [-0.2, 0) is 0 Å². The second kappa shape index (κ2) is 8.43. The van der Waals surface area contributed by atoms with Crippen molar-refractivity contribution in [1.29, 1.82) is 0 Å². The highest BCUT2D eigenvalue weighted by molar-refractivity contribution is 6.08. The smallest absolute Gasteiger partial charge is 0.287 e. The first kappa shape index (κ1) is 19.1. The Balaban J connectivity index is 1.60. The average molecular weight is 394 g/mol. The molecule has 2 amide bonds. The summed E-state index contributed by atoms with van der Waals surface area (Å²) in [6, 6.07) is 11.1. The molecule has 2 aromatic heterocycles. The van der Waals surface area contributed by atoms with E-state index >= 15 is 0 Å². The van der Waals surface area contributed by atoms with E-state index in [4.69, 9.17) is 0 Å². The summed E-state index contributed by atoms with van der Waals surface area (Å²) in [4.78, 5) is 30.0. The van der Waals surface area contributed by atoms with Crippen LogP contribution in [0.4, 0.5) is 10.1 Å². The number of amides is 2. The molecule has 150 valence electrons. The summed E-state index contributed by atoms with van der Waals surface area (Å²) in [6.07, 6.45) is 8.24. The normalized spacial score (nSPS) is 15.1. The lowest BCUT2D eigenvalue weighted by molar-refractivity contribution is 0.0922. The van der Waals surface area contributed by atoms with Gasteiger partial charge in [-0.1, -0.05) is 37.8 Å². The van der Waals surface area contributed by atoms with Crippen LogP contribution in [-0.4, -0.2) is 27.2 Å². The minimum absolute atomic E-state index is 0.126. The molecule has 1 aliphatic rings.